The van der Waals surface area contributed by atoms with Crippen LogP contribution in [0.25, 0.3) is 0 Å². The Morgan fingerprint density at radius 2 is 1.82 bits per heavy atom. The van der Waals surface area contributed by atoms with Gasteiger partial charge in [0.1, 0.15) is 12.2 Å². The molecule has 0 bridgehead atoms. The smallest absolute Gasteiger partial charge is 0.468 e. The molecule has 14 nitrogen and oxygen atoms in total. The summed E-state index contributed by atoms with van der Waals surface area (Å²) in [6.45, 7) is 6.02. The number of nitro groups is 2. The zero-order valence-electron chi connectivity index (χ0n) is 18.8. The van der Waals surface area contributed by atoms with Gasteiger partial charge in [0.25, 0.3) is 0 Å². The molecule has 0 radical (unpaired) electrons. The van der Waals surface area contributed by atoms with Crippen LogP contribution in [0.1, 0.15) is 25.1 Å². The Balaban J connectivity index is 1.68. The molecule has 0 saturated carbocycles. The van der Waals surface area contributed by atoms with Crippen molar-refractivity contribution in [2.45, 2.75) is 33.9 Å². The standard InChI is InChI=1S/C20H23N7O7/c1-4-33-16-7-6-14(8-17(16)34-5-2)10-24-11-15(9-21-24)22-18(28)12-25-13(3)19(26(29)30)20(23-25)27(31)32/h6-9,11H,4-5,10,12H2,1-3H3,(H,22,28). The molecule has 14 heteroatoms. The molecule has 1 amide bonds. The van der Waals surface area contributed by atoms with Crippen LogP contribution >= 0.6 is 0 Å². The number of aromatic nitrogens is 4. The Morgan fingerprint density at radius 3 is 2.44 bits per heavy atom. The summed E-state index contributed by atoms with van der Waals surface area (Å²) in [5, 5.41) is 32.6. The minimum atomic E-state index is -0.957. The van der Waals surface area contributed by atoms with Crippen LogP contribution in [0.5, 0.6) is 11.5 Å². The van der Waals surface area contributed by atoms with Crippen molar-refractivity contribution in [3.63, 3.8) is 0 Å². The first kappa shape index (κ1) is 24.2. The third-order valence-corrected chi connectivity index (χ3v) is 4.68. The molecule has 0 saturated heterocycles. The molecule has 1 N–H and O–H groups in total. The molecule has 0 spiro atoms. The Labute approximate surface area is 193 Å². The summed E-state index contributed by atoms with van der Waals surface area (Å²) in [7, 11) is 0. The first-order valence-electron chi connectivity index (χ1n) is 10.3. The lowest BCUT2D eigenvalue weighted by atomic mass is 10.2. The van der Waals surface area contributed by atoms with Crippen LogP contribution in [0.2, 0.25) is 0 Å². The van der Waals surface area contributed by atoms with Crippen molar-refractivity contribution < 1.29 is 24.1 Å². The van der Waals surface area contributed by atoms with E-state index in [2.05, 4.69) is 15.5 Å². The predicted molar refractivity (Wildman–Crippen MR) is 119 cm³/mol. The zero-order chi connectivity index (χ0) is 24.8. The lowest BCUT2D eigenvalue weighted by Crippen LogP contribution is -2.20. The fourth-order valence-corrected chi connectivity index (χ4v) is 3.24. The van der Waals surface area contributed by atoms with Gasteiger partial charge in [-0.3, -0.25) is 19.6 Å². The van der Waals surface area contributed by atoms with Gasteiger partial charge in [-0.2, -0.15) is 9.78 Å². The normalized spacial score (nSPS) is 10.7. The van der Waals surface area contributed by atoms with Crippen molar-refractivity contribution in [2.75, 3.05) is 18.5 Å². The number of ether oxygens (including phenoxy) is 2. The quantitative estimate of drug-likeness (QED) is 0.325. The molecule has 1 aromatic carbocycles. The minimum Gasteiger partial charge on any atom is -0.490 e. The van der Waals surface area contributed by atoms with E-state index >= 15 is 0 Å². The second kappa shape index (κ2) is 10.4. The molecule has 2 aromatic heterocycles. The maximum atomic E-state index is 12.4. The maximum absolute atomic E-state index is 12.4. The molecule has 3 aromatic rings. The second-order valence-electron chi connectivity index (χ2n) is 7.05. The van der Waals surface area contributed by atoms with Gasteiger partial charge in [0, 0.05) is 6.20 Å². The maximum Gasteiger partial charge on any atom is 0.468 e. The van der Waals surface area contributed by atoms with Crippen LogP contribution in [0.4, 0.5) is 17.2 Å². The van der Waals surface area contributed by atoms with Crippen molar-refractivity contribution >= 4 is 23.1 Å². The minimum absolute atomic E-state index is 0.0943. The highest BCUT2D eigenvalue weighted by atomic mass is 16.6. The fraction of sp³-hybridized carbons (Fsp3) is 0.350. The monoisotopic (exact) mass is 473 g/mol. The summed E-state index contributed by atoms with van der Waals surface area (Å²) in [4.78, 5) is 32.7. The van der Waals surface area contributed by atoms with Gasteiger partial charge in [0.2, 0.25) is 5.91 Å². The number of nitrogens with zero attached hydrogens (tertiary/aromatic N) is 6. The predicted octanol–water partition coefficient (Wildman–Crippen LogP) is 2.69. The number of carbonyl (C=O) groups is 1. The van der Waals surface area contributed by atoms with Crippen molar-refractivity contribution in [1.29, 1.82) is 0 Å². The molecule has 0 fully saturated rings. The van der Waals surface area contributed by atoms with E-state index in [1.807, 2.05) is 32.0 Å². The molecule has 0 aliphatic heterocycles. The molecule has 0 aliphatic rings. The Kier molecular flexibility index (Phi) is 7.40. The van der Waals surface area contributed by atoms with Crippen molar-refractivity contribution in [1.82, 2.24) is 19.6 Å². The number of anilines is 1. The van der Waals surface area contributed by atoms with E-state index < -0.39 is 33.8 Å². The first-order chi connectivity index (χ1) is 16.2. The average Bonchev–Trinajstić information content (AvgIpc) is 3.34. The third-order valence-electron chi connectivity index (χ3n) is 4.68. The largest absolute Gasteiger partial charge is 0.490 e. The van der Waals surface area contributed by atoms with Gasteiger partial charge in [-0.05, 0) is 43.4 Å². The zero-order valence-corrected chi connectivity index (χ0v) is 18.8. The van der Waals surface area contributed by atoms with Gasteiger partial charge in [0.15, 0.2) is 11.5 Å². The van der Waals surface area contributed by atoms with Crippen LogP contribution in [-0.4, -0.2) is 48.5 Å². The first-order valence-corrected chi connectivity index (χ1v) is 10.3. The fourth-order valence-electron chi connectivity index (χ4n) is 3.24. The molecule has 0 unspecified atom stereocenters. The summed E-state index contributed by atoms with van der Waals surface area (Å²) < 4.78 is 13.7. The van der Waals surface area contributed by atoms with E-state index in [1.54, 1.807) is 10.9 Å². The van der Waals surface area contributed by atoms with Gasteiger partial charge in [-0.1, -0.05) is 6.07 Å². The SMILES string of the molecule is CCOc1ccc(Cn2cc(NC(=O)Cn3nc([N+](=O)[O-])c([N+](=O)[O-])c3C)cn2)cc1OCC. The van der Waals surface area contributed by atoms with Crippen molar-refractivity contribution in [3.05, 3.63) is 62.1 Å². The van der Waals surface area contributed by atoms with E-state index in [0.717, 1.165) is 10.2 Å². The summed E-state index contributed by atoms with van der Waals surface area (Å²) >= 11 is 0. The number of benzene rings is 1. The summed E-state index contributed by atoms with van der Waals surface area (Å²) in [6.07, 6.45) is 3.05. The molecular formula is C20H23N7O7. The van der Waals surface area contributed by atoms with Crippen LogP contribution in [0.15, 0.2) is 30.6 Å². The van der Waals surface area contributed by atoms with Crippen LogP contribution in [-0.2, 0) is 17.9 Å². The Bertz CT molecular complexity index is 1220. The summed E-state index contributed by atoms with van der Waals surface area (Å²) in [6, 6.07) is 5.56. The molecule has 180 valence electrons. The van der Waals surface area contributed by atoms with E-state index in [4.69, 9.17) is 9.47 Å². The second-order valence-corrected chi connectivity index (χ2v) is 7.05. The molecular weight excluding hydrogens is 450 g/mol. The lowest BCUT2D eigenvalue weighted by Gasteiger charge is -2.12. The van der Waals surface area contributed by atoms with Gasteiger partial charge in [-0.25, -0.2) is 0 Å². The highest BCUT2D eigenvalue weighted by Gasteiger charge is 2.35. The van der Waals surface area contributed by atoms with E-state index in [0.29, 0.717) is 36.9 Å². The van der Waals surface area contributed by atoms with Gasteiger partial charge in [-0.15, -0.1) is 0 Å². The highest BCUT2D eigenvalue weighted by molar-refractivity contribution is 5.90. The van der Waals surface area contributed by atoms with Crippen molar-refractivity contribution in [3.8, 4) is 11.5 Å². The molecule has 3 rings (SSSR count). The molecule has 0 aliphatic carbocycles. The molecule has 34 heavy (non-hydrogen) atoms. The topological polar surface area (TPSA) is 169 Å². The van der Waals surface area contributed by atoms with Gasteiger partial charge in [0.05, 0.1) is 41.7 Å². The number of nitrogens with one attached hydrogen (secondary N) is 1. The number of hydrogen-bond donors (Lipinski definition) is 1. The van der Waals surface area contributed by atoms with E-state index in [9.17, 15) is 25.0 Å². The number of amides is 1. The van der Waals surface area contributed by atoms with Gasteiger partial charge < -0.3 is 24.9 Å². The Morgan fingerprint density at radius 1 is 1.12 bits per heavy atom. The number of rotatable bonds is 11. The van der Waals surface area contributed by atoms with Crippen LogP contribution < -0.4 is 14.8 Å². The van der Waals surface area contributed by atoms with Crippen LogP contribution in [0.3, 0.4) is 0 Å². The van der Waals surface area contributed by atoms with Crippen LogP contribution in [0, 0.1) is 27.2 Å². The van der Waals surface area contributed by atoms with Crippen molar-refractivity contribution in [2.24, 2.45) is 0 Å². The highest BCUT2D eigenvalue weighted by Crippen LogP contribution is 2.30. The Hall–Kier alpha value is -4.49. The average molecular weight is 473 g/mol. The summed E-state index contributed by atoms with van der Waals surface area (Å²) in [5.41, 5.74) is 0.449. The number of carbonyl (C=O) groups excluding carboxylic acids is 1. The van der Waals surface area contributed by atoms with E-state index in [-0.39, 0.29) is 5.69 Å². The molecule has 2 heterocycles. The number of hydrogen-bond acceptors (Lipinski definition) is 9. The summed E-state index contributed by atoms with van der Waals surface area (Å²) in [5.74, 6) is -0.212. The molecule has 0 atom stereocenters. The lowest BCUT2D eigenvalue weighted by molar-refractivity contribution is -0.424. The third kappa shape index (κ3) is 5.46. The van der Waals surface area contributed by atoms with E-state index in [1.165, 1.54) is 13.1 Å². The van der Waals surface area contributed by atoms with Gasteiger partial charge >= 0.3 is 11.5 Å².